The Morgan fingerprint density at radius 3 is 2.96 bits per heavy atom. The number of amides is 2. The fourth-order valence-electron chi connectivity index (χ4n) is 3.28. The maximum atomic E-state index is 12.4. The highest BCUT2D eigenvalue weighted by atomic mass is 32.1. The third kappa shape index (κ3) is 3.50. The van der Waals surface area contributed by atoms with E-state index < -0.39 is 0 Å². The summed E-state index contributed by atoms with van der Waals surface area (Å²) in [6.45, 7) is 1.33. The highest BCUT2D eigenvalue weighted by Crippen LogP contribution is 2.26. The van der Waals surface area contributed by atoms with E-state index in [1.807, 2.05) is 19.3 Å². The Morgan fingerprint density at radius 2 is 2.22 bits per heavy atom. The molecule has 0 unspecified atom stereocenters. The lowest BCUT2D eigenvalue weighted by Gasteiger charge is -2.37. The number of piperidine rings is 1. The van der Waals surface area contributed by atoms with Crippen LogP contribution in [0.5, 0.6) is 6.01 Å². The molecule has 0 saturated carbocycles. The van der Waals surface area contributed by atoms with E-state index in [4.69, 9.17) is 4.74 Å². The Hall–Kier alpha value is -2.95. The van der Waals surface area contributed by atoms with Crippen LogP contribution in [0.4, 0.5) is 15.7 Å². The topological polar surface area (TPSA) is 112 Å². The lowest BCUT2D eigenvalue weighted by molar-refractivity contribution is 0.194. The lowest BCUT2D eigenvalue weighted by Crippen LogP contribution is -2.47. The molecule has 10 nitrogen and oxygen atoms in total. The summed E-state index contributed by atoms with van der Waals surface area (Å²) in [6, 6.07) is 2.39. The second-order valence-electron chi connectivity index (χ2n) is 6.28. The smallest absolute Gasteiger partial charge is 0.329 e. The summed E-state index contributed by atoms with van der Waals surface area (Å²) in [4.78, 5) is 32.3. The average molecular weight is 388 g/mol. The number of methoxy groups -OCH3 is 1. The first-order chi connectivity index (χ1) is 13.2. The van der Waals surface area contributed by atoms with E-state index in [0.717, 1.165) is 41.2 Å². The van der Waals surface area contributed by atoms with E-state index in [1.165, 1.54) is 7.11 Å². The minimum Gasteiger partial charge on any atom is -0.466 e. The molecule has 0 atom stereocenters. The number of rotatable bonds is 4. The predicted octanol–water partition coefficient (Wildman–Crippen LogP) is 1.95. The van der Waals surface area contributed by atoms with Gasteiger partial charge in [0.15, 0.2) is 0 Å². The second kappa shape index (κ2) is 7.35. The molecule has 0 spiro atoms. The van der Waals surface area contributed by atoms with Crippen molar-refractivity contribution >= 4 is 39.5 Å². The van der Waals surface area contributed by atoms with Gasteiger partial charge in [0.2, 0.25) is 5.13 Å². The Balaban J connectivity index is 1.37. The maximum absolute atomic E-state index is 12.4. The van der Waals surface area contributed by atoms with Crippen LogP contribution in [0.15, 0.2) is 18.6 Å². The zero-order chi connectivity index (χ0) is 18.8. The predicted molar refractivity (Wildman–Crippen MR) is 102 cm³/mol. The molecule has 3 aromatic rings. The van der Waals surface area contributed by atoms with Crippen molar-refractivity contribution in [2.75, 3.05) is 37.5 Å². The molecule has 1 aliphatic heterocycles. The van der Waals surface area contributed by atoms with Gasteiger partial charge in [-0.3, -0.25) is 5.32 Å². The van der Waals surface area contributed by atoms with E-state index >= 15 is 0 Å². The van der Waals surface area contributed by atoms with Gasteiger partial charge in [-0.05, 0) is 18.9 Å². The molecule has 4 heterocycles. The monoisotopic (exact) mass is 388 g/mol. The van der Waals surface area contributed by atoms with E-state index in [1.54, 1.807) is 11.2 Å². The number of ether oxygens (including phenoxy) is 1. The minimum atomic E-state index is -0.162. The first-order valence-corrected chi connectivity index (χ1v) is 9.37. The van der Waals surface area contributed by atoms with Crippen LogP contribution in [0.1, 0.15) is 12.8 Å². The number of nitrogens with one attached hydrogen (secondary N) is 2. The van der Waals surface area contributed by atoms with Gasteiger partial charge < -0.3 is 19.5 Å². The van der Waals surface area contributed by atoms with Crippen LogP contribution in [0, 0.1) is 0 Å². The van der Waals surface area contributed by atoms with Crippen molar-refractivity contribution in [3.05, 3.63) is 18.6 Å². The standard InChI is InChI=1S/C16H20N8O2S/c1-23(13-11-3-6-17-12(11)18-9-19-13)10-4-7-24(8-5-10)16(25)21-15-20-14(26-2)22-27-15/h3,6,9-10H,4-5,7-8H2,1-2H3,(H,17,18,19)(H,20,21,22,25). The Kier molecular flexibility index (Phi) is 4.75. The SMILES string of the molecule is COc1nsc(NC(=O)N2CCC(N(C)c3ncnc4[nH]ccc34)CC2)n1. The number of urea groups is 1. The highest BCUT2D eigenvalue weighted by molar-refractivity contribution is 7.10. The number of anilines is 2. The Labute approximate surface area is 159 Å². The lowest BCUT2D eigenvalue weighted by atomic mass is 10.0. The van der Waals surface area contributed by atoms with Crippen LogP contribution >= 0.6 is 11.5 Å². The average Bonchev–Trinajstić information content (AvgIpc) is 3.36. The number of hydrogen-bond acceptors (Lipinski definition) is 8. The summed E-state index contributed by atoms with van der Waals surface area (Å²) >= 11 is 1.10. The van der Waals surface area contributed by atoms with Crippen LogP contribution in [0.25, 0.3) is 11.0 Å². The van der Waals surface area contributed by atoms with Crippen molar-refractivity contribution in [3.8, 4) is 6.01 Å². The summed E-state index contributed by atoms with van der Waals surface area (Å²) in [5, 5.41) is 4.22. The van der Waals surface area contributed by atoms with Crippen molar-refractivity contribution in [3.63, 3.8) is 0 Å². The third-order valence-electron chi connectivity index (χ3n) is 4.77. The molecule has 11 heteroatoms. The van der Waals surface area contributed by atoms with Gasteiger partial charge in [0.25, 0.3) is 0 Å². The summed E-state index contributed by atoms with van der Waals surface area (Å²) in [5.74, 6) is 0.908. The highest BCUT2D eigenvalue weighted by Gasteiger charge is 2.27. The van der Waals surface area contributed by atoms with E-state index in [2.05, 4.69) is 34.5 Å². The molecular formula is C16H20N8O2S. The quantitative estimate of drug-likeness (QED) is 0.702. The number of hydrogen-bond donors (Lipinski definition) is 2. The van der Waals surface area contributed by atoms with Crippen molar-refractivity contribution in [2.45, 2.75) is 18.9 Å². The van der Waals surface area contributed by atoms with E-state index in [0.29, 0.717) is 24.3 Å². The fraction of sp³-hybridized carbons (Fsp3) is 0.438. The molecule has 0 radical (unpaired) electrons. The van der Waals surface area contributed by atoms with Gasteiger partial charge in [-0.25, -0.2) is 14.8 Å². The first-order valence-electron chi connectivity index (χ1n) is 8.60. The molecule has 27 heavy (non-hydrogen) atoms. The molecule has 0 aromatic carbocycles. The molecule has 2 N–H and O–H groups in total. The zero-order valence-corrected chi connectivity index (χ0v) is 15.9. The number of H-pyrrole nitrogens is 1. The summed E-state index contributed by atoms with van der Waals surface area (Å²) in [5.41, 5.74) is 0.830. The first kappa shape index (κ1) is 17.5. The molecule has 1 aliphatic rings. The molecule has 0 aliphatic carbocycles. The molecule has 3 aromatic heterocycles. The van der Waals surface area contributed by atoms with Crippen LogP contribution < -0.4 is 15.0 Å². The summed E-state index contributed by atoms with van der Waals surface area (Å²) in [7, 11) is 3.54. The molecule has 0 bridgehead atoms. The molecular weight excluding hydrogens is 368 g/mol. The normalized spacial score (nSPS) is 15.1. The van der Waals surface area contributed by atoms with Gasteiger partial charge in [-0.2, -0.15) is 4.98 Å². The van der Waals surface area contributed by atoms with Crippen LogP contribution in [0.2, 0.25) is 0 Å². The molecule has 1 fully saturated rings. The van der Waals surface area contributed by atoms with Crippen molar-refractivity contribution in [1.82, 2.24) is 29.2 Å². The second-order valence-corrected chi connectivity index (χ2v) is 7.03. The van der Waals surface area contributed by atoms with Gasteiger partial charge in [0.05, 0.1) is 12.5 Å². The van der Waals surface area contributed by atoms with Gasteiger partial charge >= 0.3 is 12.0 Å². The number of aromatic amines is 1. The zero-order valence-electron chi connectivity index (χ0n) is 15.0. The van der Waals surface area contributed by atoms with Crippen LogP contribution in [0.3, 0.4) is 0 Å². The number of aromatic nitrogens is 5. The molecule has 4 rings (SSSR count). The fourth-order valence-corrected chi connectivity index (χ4v) is 3.81. The van der Waals surface area contributed by atoms with Gasteiger partial charge in [-0.15, -0.1) is 4.37 Å². The number of likely N-dealkylation sites (tertiary alicyclic amines) is 1. The maximum Gasteiger partial charge on any atom is 0.329 e. The third-order valence-corrected chi connectivity index (χ3v) is 5.38. The van der Waals surface area contributed by atoms with Gasteiger partial charge in [-0.1, -0.05) is 0 Å². The number of carbonyl (C=O) groups is 1. The van der Waals surface area contributed by atoms with E-state index in [-0.39, 0.29) is 12.0 Å². The molecule has 2 amide bonds. The van der Waals surface area contributed by atoms with Crippen molar-refractivity contribution in [2.24, 2.45) is 0 Å². The Morgan fingerprint density at radius 1 is 1.41 bits per heavy atom. The number of nitrogens with zero attached hydrogens (tertiary/aromatic N) is 6. The van der Waals surface area contributed by atoms with Gasteiger partial charge in [0.1, 0.15) is 17.8 Å². The number of fused-ring (bicyclic) bond motifs is 1. The Bertz CT molecular complexity index is 933. The van der Waals surface area contributed by atoms with E-state index in [9.17, 15) is 4.79 Å². The van der Waals surface area contributed by atoms with Crippen LogP contribution in [-0.4, -0.2) is 68.5 Å². The molecule has 142 valence electrons. The van der Waals surface area contributed by atoms with Crippen molar-refractivity contribution < 1.29 is 9.53 Å². The number of carbonyl (C=O) groups excluding carboxylic acids is 1. The van der Waals surface area contributed by atoms with Crippen LogP contribution in [-0.2, 0) is 0 Å². The van der Waals surface area contributed by atoms with Gasteiger partial charge in [0, 0.05) is 43.9 Å². The largest absolute Gasteiger partial charge is 0.466 e. The minimum absolute atomic E-state index is 0.162. The molecule has 1 saturated heterocycles. The summed E-state index contributed by atoms with van der Waals surface area (Å²) in [6.07, 6.45) is 5.16. The summed E-state index contributed by atoms with van der Waals surface area (Å²) < 4.78 is 8.91. The van der Waals surface area contributed by atoms with Crippen molar-refractivity contribution in [1.29, 1.82) is 0 Å².